The molecular formula is C11H15NOS. The summed E-state index contributed by atoms with van der Waals surface area (Å²) in [5.74, 6) is 1.16. The molecule has 0 amide bonds. The number of aliphatic hydroxyl groups excluding tert-OH is 1. The Balaban J connectivity index is 1.92. The van der Waals surface area contributed by atoms with Crippen molar-refractivity contribution in [1.82, 2.24) is 5.32 Å². The van der Waals surface area contributed by atoms with Gasteiger partial charge in [0, 0.05) is 18.7 Å². The third-order valence-electron chi connectivity index (χ3n) is 2.41. The number of hydrogen-bond acceptors (Lipinski definition) is 3. The van der Waals surface area contributed by atoms with Crippen LogP contribution in [-0.2, 0) is 0 Å². The van der Waals surface area contributed by atoms with Crippen LogP contribution in [0.3, 0.4) is 0 Å². The molecule has 1 saturated heterocycles. The van der Waals surface area contributed by atoms with Crippen LogP contribution in [0.5, 0.6) is 0 Å². The van der Waals surface area contributed by atoms with Gasteiger partial charge in [-0.05, 0) is 5.56 Å². The summed E-state index contributed by atoms with van der Waals surface area (Å²) >= 11 is 1.89. The van der Waals surface area contributed by atoms with Gasteiger partial charge in [-0.15, -0.1) is 11.8 Å². The lowest BCUT2D eigenvalue weighted by atomic mass is 10.1. The second-order valence-corrected chi connectivity index (χ2v) is 4.79. The maximum Gasteiger partial charge on any atom is 0.0813 e. The van der Waals surface area contributed by atoms with E-state index in [1.54, 1.807) is 0 Å². The molecule has 2 N–H and O–H groups in total. The fourth-order valence-electron chi connectivity index (χ4n) is 1.65. The van der Waals surface area contributed by atoms with Crippen LogP contribution in [0.4, 0.5) is 0 Å². The van der Waals surface area contributed by atoms with E-state index in [4.69, 9.17) is 0 Å². The average molecular weight is 209 g/mol. The summed E-state index contributed by atoms with van der Waals surface area (Å²) in [6.07, 6.45) is 0.466. The summed E-state index contributed by atoms with van der Waals surface area (Å²) in [5, 5.41) is 13.7. The molecule has 1 fully saturated rings. The Hall–Kier alpha value is -0.510. The third kappa shape index (κ3) is 2.50. The second-order valence-electron chi connectivity index (χ2n) is 3.48. The first-order valence-electron chi connectivity index (χ1n) is 4.94. The molecule has 14 heavy (non-hydrogen) atoms. The monoisotopic (exact) mass is 209 g/mol. The molecule has 1 heterocycles. The van der Waals surface area contributed by atoms with Crippen LogP contribution in [0.25, 0.3) is 0 Å². The zero-order valence-corrected chi connectivity index (χ0v) is 8.83. The first-order valence-corrected chi connectivity index (χ1v) is 5.99. The van der Waals surface area contributed by atoms with Crippen molar-refractivity contribution in [3.63, 3.8) is 0 Å². The zero-order chi connectivity index (χ0) is 9.80. The summed E-state index contributed by atoms with van der Waals surface area (Å²) in [7, 11) is 0. The lowest BCUT2D eigenvalue weighted by molar-refractivity contribution is 0.164. The van der Waals surface area contributed by atoms with Crippen molar-refractivity contribution in [3.05, 3.63) is 35.9 Å². The van der Waals surface area contributed by atoms with Crippen LogP contribution >= 0.6 is 11.8 Å². The average Bonchev–Trinajstić information content (AvgIpc) is 2.72. The Morgan fingerprint density at radius 3 is 2.86 bits per heavy atom. The standard InChI is InChI=1S/C11H15NOS/c13-10(8-11-12-6-7-14-11)9-4-2-1-3-5-9/h1-5,10-13H,6-8H2. The van der Waals surface area contributed by atoms with Crippen molar-refractivity contribution in [2.24, 2.45) is 0 Å². The van der Waals surface area contributed by atoms with Crippen LogP contribution in [0.1, 0.15) is 18.1 Å². The summed E-state index contributed by atoms with van der Waals surface area (Å²) in [6.45, 7) is 1.07. The molecule has 1 aliphatic rings. The van der Waals surface area contributed by atoms with E-state index >= 15 is 0 Å². The maximum atomic E-state index is 9.93. The zero-order valence-electron chi connectivity index (χ0n) is 8.02. The van der Waals surface area contributed by atoms with Crippen molar-refractivity contribution < 1.29 is 5.11 Å². The van der Waals surface area contributed by atoms with Gasteiger partial charge >= 0.3 is 0 Å². The normalized spacial score (nSPS) is 23.6. The predicted molar refractivity (Wildman–Crippen MR) is 60.3 cm³/mol. The van der Waals surface area contributed by atoms with Crippen molar-refractivity contribution in [2.45, 2.75) is 17.9 Å². The number of nitrogens with one attached hydrogen (secondary N) is 1. The van der Waals surface area contributed by atoms with Crippen LogP contribution in [0, 0.1) is 0 Å². The highest BCUT2D eigenvalue weighted by Gasteiger charge is 2.19. The predicted octanol–water partition coefficient (Wildman–Crippen LogP) is 1.77. The van der Waals surface area contributed by atoms with Gasteiger partial charge in [-0.1, -0.05) is 30.3 Å². The fraction of sp³-hybridized carbons (Fsp3) is 0.455. The van der Waals surface area contributed by atoms with Gasteiger partial charge in [-0.25, -0.2) is 0 Å². The molecule has 1 aliphatic heterocycles. The minimum absolute atomic E-state index is 0.334. The number of rotatable bonds is 3. The van der Waals surface area contributed by atoms with E-state index in [2.05, 4.69) is 5.32 Å². The van der Waals surface area contributed by atoms with Gasteiger partial charge in [0.05, 0.1) is 11.5 Å². The fourth-order valence-corrected chi connectivity index (χ4v) is 2.72. The minimum Gasteiger partial charge on any atom is -0.388 e. The summed E-state index contributed by atoms with van der Waals surface area (Å²) < 4.78 is 0. The Kier molecular flexibility index (Phi) is 3.45. The molecule has 2 unspecified atom stereocenters. The second kappa shape index (κ2) is 4.82. The van der Waals surface area contributed by atoms with Crippen molar-refractivity contribution in [2.75, 3.05) is 12.3 Å². The molecule has 0 spiro atoms. The molecule has 3 heteroatoms. The van der Waals surface area contributed by atoms with E-state index < -0.39 is 0 Å². The summed E-state index contributed by atoms with van der Waals surface area (Å²) in [6, 6.07) is 9.86. The minimum atomic E-state index is -0.334. The Morgan fingerprint density at radius 2 is 2.21 bits per heavy atom. The van der Waals surface area contributed by atoms with Gasteiger partial charge in [0.25, 0.3) is 0 Å². The smallest absolute Gasteiger partial charge is 0.0813 e. The number of aliphatic hydroxyl groups is 1. The molecule has 2 rings (SSSR count). The van der Waals surface area contributed by atoms with E-state index in [-0.39, 0.29) is 6.10 Å². The number of benzene rings is 1. The molecule has 2 nitrogen and oxygen atoms in total. The van der Waals surface area contributed by atoms with E-state index in [1.165, 1.54) is 0 Å². The van der Waals surface area contributed by atoms with Gasteiger partial charge in [0.15, 0.2) is 0 Å². The van der Waals surface area contributed by atoms with E-state index in [1.807, 2.05) is 42.1 Å². The molecule has 2 atom stereocenters. The SMILES string of the molecule is OC(CC1NCCS1)c1ccccc1. The Morgan fingerprint density at radius 1 is 1.43 bits per heavy atom. The Labute approximate surface area is 88.7 Å². The van der Waals surface area contributed by atoms with Gasteiger partial charge in [0.2, 0.25) is 0 Å². The quantitative estimate of drug-likeness (QED) is 0.796. The lowest BCUT2D eigenvalue weighted by Gasteiger charge is -2.15. The van der Waals surface area contributed by atoms with Crippen LogP contribution in [0.2, 0.25) is 0 Å². The van der Waals surface area contributed by atoms with E-state index in [9.17, 15) is 5.11 Å². The van der Waals surface area contributed by atoms with Gasteiger partial charge < -0.3 is 10.4 Å². The van der Waals surface area contributed by atoms with Crippen LogP contribution in [0.15, 0.2) is 30.3 Å². The summed E-state index contributed by atoms with van der Waals surface area (Å²) in [5.41, 5.74) is 1.02. The maximum absolute atomic E-state index is 9.93. The topological polar surface area (TPSA) is 32.3 Å². The van der Waals surface area contributed by atoms with Gasteiger partial charge in [0.1, 0.15) is 0 Å². The van der Waals surface area contributed by atoms with Crippen LogP contribution < -0.4 is 5.32 Å². The lowest BCUT2D eigenvalue weighted by Crippen LogP contribution is -2.21. The van der Waals surface area contributed by atoms with Crippen LogP contribution in [-0.4, -0.2) is 22.8 Å². The molecule has 1 aromatic rings. The van der Waals surface area contributed by atoms with E-state index in [0.29, 0.717) is 5.37 Å². The first-order chi connectivity index (χ1) is 6.86. The van der Waals surface area contributed by atoms with Gasteiger partial charge in [-0.2, -0.15) is 0 Å². The first kappa shape index (κ1) is 10.0. The molecule has 0 saturated carbocycles. The van der Waals surface area contributed by atoms with E-state index in [0.717, 1.165) is 24.3 Å². The molecule has 0 aliphatic carbocycles. The molecule has 76 valence electrons. The Bertz CT molecular complexity index is 272. The molecule has 1 aromatic carbocycles. The molecular weight excluding hydrogens is 194 g/mol. The highest BCUT2D eigenvalue weighted by molar-refractivity contribution is 8.00. The molecule has 0 radical (unpaired) electrons. The largest absolute Gasteiger partial charge is 0.388 e. The third-order valence-corrected chi connectivity index (χ3v) is 3.62. The molecule has 0 aromatic heterocycles. The highest BCUT2D eigenvalue weighted by atomic mass is 32.2. The van der Waals surface area contributed by atoms with Gasteiger partial charge in [-0.3, -0.25) is 0 Å². The number of thioether (sulfide) groups is 1. The van der Waals surface area contributed by atoms with Crippen molar-refractivity contribution >= 4 is 11.8 Å². The molecule has 0 bridgehead atoms. The van der Waals surface area contributed by atoms with Crippen molar-refractivity contribution in [1.29, 1.82) is 0 Å². The van der Waals surface area contributed by atoms with Crippen molar-refractivity contribution in [3.8, 4) is 0 Å². The summed E-state index contributed by atoms with van der Waals surface area (Å²) in [4.78, 5) is 0. The highest BCUT2D eigenvalue weighted by Crippen LogP contribution is 2.25. The number of hydrogen-bond donors (Lipinski definition) is 2.